The average Bonchev–Trinajstić information content (AvgIpc) is 3.42. The molecule has 0 saturated heterocycles. The zero-order chi connectivity index (χ0) is 19.3. The predicted octanol–water partition coefficient (Wildman–Crippen LogP) is 3.25. The summed E-state index contributed by atoms with van der Waals surface area (Å²) in [6, 6.07) is 11.3. The van der Waals surface area contributed by atoms with Gasteiger partial charge in [-0.05, 0) is 55.7 Å². The molecule has 1 heterocycles. The fourth-order valence-corrected chi connectivity index (χ4v) is 5.46. The molecule has 27 heavy (non-hydrogen) atoms. The monoisotopic (exact) mass is 448 g/mol. The number of halogens is 1. The molecule has 2 aliphatic rings. The summed E-state index contributed by atoms with van der Waals surface area (Å²) in [6.45, 7) is 1.85. The van der Waals surface area contributed by atoms with Gasteiger partial charge in [0.1, 0.15) is 4.90 Å². The Kier molecular flexibility index (Phi) is 4.35. The molecule has 1 atom stereocenters. The largest absolute Gasteiger partial charge is 0.346 e. The van der Waals surface area contributed by atoms with Gasteiger partial charge >= 0.3 is 0 Å². The van der Waals surface area contributed by atoms with Gasteiger partial charge < -0.3 is 5.32 Å². The van der Waals surface area contributed by atoms with Gasteiger partial charge in [0.05, 0.1) is 11.6 Å². The lowest BCUT2D eigenvalue weighted by molar-refractivity contribution is 0.0863. The standard InChI is InChI=1S/C19H17BrN2O4S/c1-11(12-3-2-4-14(20)9-12)21-18(23)13-5-8-16-17(10-13)27(25,26)22(19(16)24)15-6-7-15/h2-5,8-11,15H,6-7H2,1H3,(H,21,23). The summed E-state index contributed by atoms with van der Waals surface area (Å²) in [4.78, 5) is 24.9. The summed E-state index contributed by atoms with van der Waals surface area (Å²) in [5.74, 6) is -0.889. The van der Waals surface area contributed by atoms with E-state index in [-0.39, 0.29) is 28.1 Å². The Morgan fingerprint density at radius 2 is 1.96 bits per heavy atom. The van der Waals surface area contributed by atoms with Gasteiger partial charge in [-0.15, -0.1) is 0 Å². The number of carbonyl (C=O) groups is 2. The number of benzene rings is 2. The van der Waals surface area contributed by atoms with Crippen LogP contribution < -0.4 is 5.32 Å². The molecule has 2 aromatic carbocycles. The molecule has 8 heteroatoms. The van der Waals surface area contributed by atoms with E-state index in [1.165, 1.54) is 18.2 Å². The number of hydrogen-bond donors (Lipinski definition) is 1. The third-order valence-electron chi connectivity index (χ3n) is 4.79. The molecule has 1 aliphatic carbocycles. The number of carbonyl (C=O) groups excluding carboxylic acids is 2. The summed E-state index contributed by atoms with van der Waals surface area (Å²) >= 11 is 3.40. The first-order valence-electron chi connectivity index (χ1n) is 8.58. The number of nitrogens with zero attached hydrogens (tertiary/aromatic N) is 1. The van der Waals surface area contributed by atoms with E-state index < -0.39 is 21.8 Å². The van der Waals surface area contributed by atoms with Gasteiger partial charge in [0.25, 0.3) is 21.8 Å². The number of sulfonamides is 1. The van der Waals surface area contributed by atoms with E-state index in [2.05, 4.69) is 21.2 Å². The SMILES string of the molecule is CC(NC(=O)c1ccc2c(c1)S(=O)(=O)N(C1CC1)C2=O)c1cccc(Br)c1. The molecular weight excluding hydrogens is 432 g/mol. The number of hydrogen-bond acceptors (Lipinski definition) is 4. The van der Waals surface area contributed by atoms with E-state index in [0.717, 1.165) is 14.3 Å². The normalized spacial score (nSPS) is 18.9. The highest BCUT2D eigenvalue weighted by Crippen LogP contribution is 2.39. The smallest absolute Gasteiger partial charge is 0.269 e. The van der Waals surface area contributed by atoms with Crippen LogP contribution in [0.1, 0.15) is 52.1 Å². The van der Waals surface area contributed by atoms with Crippen LogP contribution in [0.4, 0.5) is 0 Å². The minimum atomic E-state index is -3.88. The summed E-state index contributed by atoms with van der Waals surface area (Å²) in [5.41, 5.74) is 1.27. The Morgan fingerprint density at radius 1 is 1.22 bits per heavy atom. The lowest BCUT2D eigenvalue weighted by Crippen LogP contribution is -2.32. The van der Waals surface area contributed by atoms with Gasteiger partial charge in [0, 0.05) is 16.1 Å². The van der Waals surface area contributed by atoms with Crippen LogP contribution >= 0.6 is 15.9 Å². The molecule has 1 aliphatic heterocycles. The van der Waals surface area contributed by atoms with Gasteiger partial charge in [-0.1, -0.05) is 28.1 Å². The molecule has 2 amide bonds. The van der Waals surface area contributed by atoms with Crippen molar-refractivity contribution in [3.63, 3.8) is 0 Å². The summed E-state index contributed by atoms with van der Waals surface area (Å²) in [6.07, 6.45) is 1.38. The van der Waals surface area contributed by atoms with Crippen LogP contribution in [-0.4, -0.2) is 30.6 Å². The van der Waals surface area contributed by atoms with Crippen LogP contribution in [0.2, 0.25) is 0 Å². The first kappa shape index (κ1) is 18.2. The minimum Gasteiger partial charge on any atom is -0.346 e. The minimum absolute atomic E-state index is 0.0813. The van der Waals surface area contributed by atoms with Crippen LogP contribution in [0.3, 0.4) is 0 Å². The summed E-state index contributed by atoms with van der Waals surface area (Å²) in [7, 11) is -3.88. The lowest BCUT2D eigenvalue weighted by Gasteiger charge is -2.15. The zero-order valence-electron chi connectivity index (χ0n) is 14.5. The highest BCUT2D eigenvalue weighted by Gasteiger charge is 2.48. The third-order valence-corrected chi connectivity index (χ3v) is 7.15. The zero-order valence-corrected chi connectivity index (χ0v) is 16.9. The fraction of sp³-hybridized carbons (Fsp3) is 0.263. The summed E-state index contributed by atoms with van der Waals surface area (Å²) in [5, 5.41) is 2.86. The predicted molar refractivity (Wildman–Crippen MR) is 103 cm³/mol. The van der Waals surface area contributed by atoms with Gasteiger partial charge in [-0.25, -0.2) is 12.7 Å². The Morgan fingerprint density at radius 3 is 2.63 bits per heavy atom. The average molecular weight is 449 g/mol. The van der Waals surface area contributed by atoms with E-state index in [9.17, 15) is 18.0 Å². The van der Waals surface area contributed by atoms with E-state index >= 15 is 0 Å². The molecule has 0 aromatic heterocycles. The Balaban J connectivity index is 1.60. The van der Waals surface area contributed by atoms with Crippen LogP contribution in [0, 0.1) is 0 Å². The first-order chi connectivity index (χ1) is 12.8. The molecule has 1 fully saturated rings. The molecule has 1 saturated carbocycles. The second-order valence-electron chi connectivity index (χ2n) is 6.80. The lowest BCUT2D eigenvalue weighted by atomic mass is 10.1. The van der Waals surface area contributed by atoms with Crippen molar-refractivity contribution in [1.82, 2.24) is 9.62 Å². The molecule has 0 bridgehead atoms. The molecule has 1 unspecified atom stereocenters. The van der Waals surface area contributed by atoms with Crippen molar-refractivity contribution < 1.29 is 18.0 Å². The van der Waals surface area contributed by atoms with E-state index in [1.807, 2.05) is 31.2 Å². The van der Waals surface area contributed by atoms with Crippen LogP contribution in [0.25, 0.3) is 0 Å². The molecule has 0 spiro atoms. The highest BCUT2D eigenvalue weighted by atomic mass is 79.9. The third kappa shape index (κ3) is 3.17. The van der Waals surface area contributed by atoms with Crippen LogP contribution in [0.5, 0.6) is 0 Å². The van der Waals surface area contributed by atoms with Crippen LogP contribution in [-0.2, 0) is 10.0 Å². The fourth-order valence-electron chi connectivity index (χ4n) is 3.20. The van der Waals surface area contributed by atoms with Gasteiger partial charge in [-0.2, -0.15) is 0 Å². The summed E-state index contributed by atoms with van der Waals surface area (Å²) < 4.78 is 27.3. The molecule has 1 N–H and O–H groups in total. The van der Waals surface area contributed by atoms with Crippen molar-refractivity contribution >= 4 is 37.8 Å². The number of nitrogens with one attached hydrogen (secondary N) is 1. The molecule has 2 aromatic rings. The maximum Gasteiger partial charge on any atom is 0.269 e. The van der Waals surface area contributed by atoms with Gasteiger partial charge in [-0.3, -0.25) is 9.59 Å². The van der Waals surface area contributed by atoms with Crippen molar-refractivity contribution in [1.29, 1.82) is 0 Å². The van der Waals surface area contributed by atoms with E-state index in [1.54, 1.807) is 0 Å². The quantitative estimate of drug-likeness (QED) is 0.777. The molecule has 140 valence electrons. The van der Waals surface area contributed by atoms with Crippen LogP contribution in [0.15, 0.2) is 51.8 Å². The maximum atomic E-state index is 12.7. The number of fused-ring (bicyclic) bond motifs is 1. The molecule has 6 nitrogen and oxygen atoms in total. The van der Waals surface area contributed by atoms with Crippen molar-refractivity contribution in [3.8, 4) is 0 Å². The van der Waals surface area contributed by atoms with Crippen molar-refractivity contribution in [2.75, 3.05) is 0 Å². The maximum absolute atomic E-state index is 12.7. The van der Waals surface area contributed by atoms with Gasteiger partial charge in [0.2, 0.25) is 0 Å². The Labute approximate surface area is 165 Å². The van der Waals surface area contributed by atoms with Crippen molar-refractivity contribution in [3.05, 3.63) is 63.6 Å². The second-order valence-corrected chi connectivity index (χ2v) is 9.50. The molecule has 0 radical (unpaired) electrons. The van der Waals surface area contributed by atoms with Crippen molar-refractivity contribution in [2.24, 2.45) is 0 Å². The topological polar surface area (TPSA) is 83.6 Å². The second kappa shape index (κ2) is 6.45. The first-order valence-corrected chi connectivity index (χ1v) is 10.8. The Bertz CT molecular complexity index is 1060. The van der Waals surface area contributed by atoms with E-state index in [0.29, 0.717) is 12.8 Å². The molecule has 4 rings (SSSR count). The highest BCUT2D eigenvalue weighted by molar-refractivity contribution is 9.10. The van der Waals surface area contributed by atoms with Gasteiger partial charge in [0.15, 0.2) is 0 Å². The Hall–Kier alpha value is -2.19. The van der Waals surface area contributed by atoms with Crippen molar-refractivity contribution in [2.45, 2.75) is 36.7 Å². The van der Waals surface area contributed by atoms with E-state index in [4.69, 9.17) is 0 Å². The molecular formula is C19H17BrN2O4S. The number of rotatable bonds is 4. The number of amides is 2.